The van der Waals surface area contributed by atoms with Crippen LogP contribution in [0.1, 0.15) is 40.0 Å². The molecular formula is C14H26N2O4. The number of carboxylic acid groups (broad SMARTS) is 1. The zero-order valence-electron chi connectivity index (χ0n) is 12.6. The SMILES string of the molecule is CC(C)(C)OC(=O)NC[C@@H]1CCNCC[C@H]1CC(=O)O. The molecule has 0 spiro atoms. The minimum atomic E-state index is -0.779. The van der Waals surface area contributed by atoms with E-state index in [4.69, 9.17) is 9.84 Å². The molecule has 1 aliphatic rings. The Morgan fingerprint density at radius 3 is 2.40 bits per heavy atom. The Kier molecular flexibility index (Phi) is 6.26. The average molecular weight is 286 g/mol. The molecule has 20 heavy (non-hydrogen) atoms. The number of hydrogen-bond donors (Lipinski definition) is 3. The fourth-order valence-corrected chi connectivity index (χ4v) is 2.46. The van der Waals surface area contributed by atoms with Gasteiger partial charge in [0.2, 0.25) is 0 Å². The van der Waals surface area contributed by atoms with Crippen LogP contribution >= 0.6 is 0 Å². The van der Waals surface area contributed by atoms with E-state index in [1.54, 1.807) is 0 Å². The van der Waals surface area contributed by atoms with Gasteiger partial charge in [-0.3, -0.25) is 4.79 Å². The highest BCUT2D eigenvalue weighted by Gasteiger charge is 2.26. The number of ether oxygens (including phenoxy) is 1. The fourth-order valence-electron chi connectivity index (χ4n) is 2.46. The lowest BCUT2D eigenvalue weighted by Gasteiger charge is -2.25. The quantitative estimate of drug-likeness (QED) is 0.730. The normalized spacial score (nSPS) is 23.8. The molecule has 0 saturated carbocycles. The van der Waals surface area contributed by atoms with Crippen LogP contribution in [-0.2, 0) is 9.53 Å². The van der Waals surface area contributed by atoms with Crippen LogP contribution in [0.15, 0.2) is 0 Å². The van der Waals surface area contributed by atoms with Crippen LogP contribution in [0.25, 0.3) is 0 Å². The van der Waals surface area contributed by atoms with E-state index >= 15 is 0 Å². The highest BCUT2D eigenvalue weighted by molar-refractivity contribution is 5.68. The summed E-state index contributed by atoms with van der Waals surface area (Å²) in [5.41, 5.74) is -0.518. The molecular weight excluding hydrogens is 260 g/mol. The number of nitrogens with one attached hydrogen (secondary N) is 2. The molecule has 116 valence electrons. The third-order valence-corrected chi connectivity index (χ3v) is 3.39. The van der Waals surface area contributed by atoms with Gasteiger partial charge in [0, 0.05) is 13.0 Å². The number of carboxylic acids is 1. The van der Waals surface area contributed by atoms with E-state index in [0.717, 1.165) is 25.9 Å². The van der Waals surface area contributed by atoms with Crippen molar-refractivity contribution in [1.29, 1.82) is 0 Å². The highest BCUT2D eigenvalue weighted by atomic mass is 16.6. The zero-order chi connectivity index (χ0) is 15.2. The van der Waals surface area contributed by atoms with Gasteiger partial charge in [0.05, 0.1) is 0 Å². The third kappa shape index (κ3) is 6.75. The number of aliphatic carboxylic acids is 1. The minimum Gasteiger partial charge on any atom is -0.481 e. The van der Waals surface area contributed by atoms with E-state index in [2.05, 4.69) is 10.6 Å². The Bertz CT molecular complexity index is 339. The summed E-state index contributed by atoms with van der Waals surface area (Å²) < 4.78 is 5.19. The maximum Gasteiger partial charge on any atom is 0.407 e. The van der Waals surface area contributed by atoms with E-state index in [0.29, 0.717) is 6.54 Å². The van der Waals surface area contributed by atoms with Gasteiger partial charge in [-0.15, -0.1) is 0 Å². The van der Waals surface area contributed by atoms with E-state index in [9.17, 15) is 9.59 Å². The van der Waals surface area contributed by atoms with Crippen molar-refractivity contribution >= 4 is 12.1 Å². The van der Waals surface area contributed by atoms with Gasteiger partial charge in [-0.25, -0.2) is 4.79 Å². The predicted molar refractivity (Wildman–Crippen MR) is 75.6 cm³/mol. The molecule has 2 atom stereocenters. The number of carbonyl (C=O) groups excluding carboxylic acids is 1. The zero-order valence-corrected chi connectivity index (χ0v) is 12.6. The van der Waals surface area contributed by atoms with Crippen molar-refractivity contribution < 1.29 is 19.4 Å². The molecule has 0 aliphatic carbocycles. The van der Waals surface area contributed by atoms with E-state index in [-0.39, 0.29) is 18.3 Å². The van der Waals surface area contributed by atoms with Gasteiger partial charge in [-0.05, 0) is 58.5 Å². The molecule has 0 radical (unpaired) electrons. The standard InChI is InChI=1S/C14H26N2O4/c1-14(2,3)20-13(19)16-9-11-5-7-15-6-4-10(11)8-12(17)18/h10-11,15H,4-9H2,1-3H3,(H,16,19)(H,17,18)/t10-,11-/m0/s1. The maximum atomic E-state index is 11.7. The van der Waals surface area contributed by atoms with E-state index < -0.39 is 17.7 Å². The van der Waals surface area contributed by atoms with Crippen molar-refractivity contribution in [3.8, 4) is 0 Å². The molecule has 1 rings (SSSR count). The summed E-state index contributed by atoms with van der Waals surface area (Å²) >= 11 is 0. The number of alkyl carbamates (subject to hydrolysis) is 1. The molecule has 3 N–H and O–H groups in total. The van der Waals surface area contributed by atoms with Crippen molar-refractivity contribution in [2.45, 2.75) is 45.6 Å². The van der Waals surface area contributed by atoms with Gasteiger partial charge in [0.1, 0.15) is 5.60 Å². The lowest BCUT2D eigenvalue weighted by molar-refractivity contribution is -0.138. The summed E-state index contributed by atoms with van der Waals surface area (Å²) in [5, 5.41) is 15.0. The second-order valence-corrected chi connectivity index (χ2v) is 6.33. The molecule has 1 aliphatic heterocycles. The number of rotatable bonds is 4. The van der Waals surface area contributed by atoms with Crippen molar-refractivity contribution in [3.05, 3.63) is 0 Å². The summed E-state index contributed by atoms with van der Waals surface area (Å²) in [6, 6.07) is 0. The highest BCUT2D eigenvalue weighted by Crippen LogP contribution is 2.24. The first-order chi connectivity index (χ1) is 9.28. The first kappa shape index (κ1) is 16.8. The minimum absolute atomic E-state index is 0.0948. The predicted octanol–water partition coefficient (Wildman–Crippen LogP) is 1.60. The van der Waals surface area contributed by atoms with Gasteiger partial charge in [-0.2, -0.15) is 0 Å². The van der Waals surface area contributed by atoms with Gasteiger partial charge in [0.25, 0.3) is 0 Å². The molecule has 1 heterocycles. The summed E-state index contributed by atoms with van der Waals surface area (Å²) in [4.78, 5) is 22.6. The van der Waals surface area contributed by atoms with Crippen LogP contribution in [0.5, 0.6) is 0 Å². The molecule has 6 heteroatoms. The number of hydrogen-bond acceptors (Lipinski definition) is 4. The summed E-state index contributed by atoms with van der Waals surface area (Å²) in [7, 11) is 0. The smallest absolute Gasteiger partial charge is 0.407 e. The Labute approximate surface area is 120 Å². The molecule has 0 bridgehead atoms. The van der Waals surface area contributed by atoms with Crippen LogP contribution in [0.4, 0.5) is 4.79 Å². The first-order valence-electron chi connectivity index (χ1n) is 7.17. The van der Waals surface area contributed by atoms with Crippen molar-refractivity contribution in [2.24, 2.45) is 11.8 Å². The van der Waals surface area contributed by atoms with Crippen molar-refractivity contribution in [1.82, 2.24) is 10.6 Å². The van der Waals surface area contributed by atoms with E-state index in [1.165, 1.54) is 0 Å². The molecule has 6 nitrogen and oxygen atoms in total. The van der Waals surface area contributed by atoms with Gasteiger partial charge < -0.3 is 20.5 Å². The molecule has 0 aromatic rings. The van der Waals surface area contributed by atoms with Gasteiger partial charge in [-0.1, -0.05) is 0 Å². The summed E-state index contributed by atoms with van der Waals surface area (Å²) in [6.45, 7) is 7.60. The second kappa shape index (κ2) is 7.47. The Morgan fingerprint density at radius 2 is 1.85 bits per heavy atom. The van der Waals surface area contributed by atoms with E-state index in [1.807, 2.05) is 20.8 Å². The Hall–Kier alpha value is -1.30. The molecule has 1 saturated heterocycles. The van der Waals surface area contributed by atoms with Crippen LogP contribution in [0.3, 0.4) is 0 Å². The van der Waals surface area contributed by atoms with Crippen LogP contribution in [-0.4, -0.2) is 42.4 Å². The average Bonchev–Trinajstić information content (AvgIpc) is 2.49. The lowest BCUT2D eigenvalue weighted by atomic mass is 9.85. The Balaban J connectivity index is 2.48. The lowest BCUT2D eigenvalue weighted by Crippen LogP contribution is -2.37. The van der Waals surface area contributed by atoms with Crippen LogP contribution in [0.2, 0.25) is 0 Å². The fraction of sp³-hybridized carbons (Fsp3) is 0.857. The largest absolute Gasteiger partial charge is 0.481 e. The third-order valence-electron chi connectivity index (χ3n) is 3.39. The summed E-state index contributed by atoms with van der Waals surface area (Å²) in [6.07, 6.45) is 1.41. The molecule has 0 unspecified atom stereocenters. The van der Waals surface area contributed by atoms with Crippen molar-refractivity contribution in [2.75, 3.05) is 19.6 Å². The van der Waals surface area contributed by atoms with Crippen LogP contribution in [0, 0.1) is 11.8 Å². The molecule has 1 fully saturated rings. The molecule has 0 aromatic heterocycles. The topological polar surface area (TPSA) is 87.7 Å². The number of carbonyl (C=O) groups is 2. The Morgan fingerprint density at radius 1 is 1.25 bits per heavy atom. The van der Waals surface area contributed by atoms with Gasteiger partial charge >= 0.3 is 12.1 Å². The molecule has 1 amide bonds. The second-order valence-electron chi connectivity index (χ2n) is 6.33. The number of amides is 1. The monoisotopic (exact) mass is 286 g/mol. The first-order valence-corrected chi connectivity index (χ1v) is 7.17. The summed E-state index contributed by atoms with van der Waals surface area (Å²) in [5.74, 6) is -0.509. The van der Waals surface area contributed by atoms with Crippen LogP contribution < -0.4 is 10.6 Å². The molecule has 0 aromatic carbocycles. The van der Waals surface area contributed by atoms with Crippen molar-refractivity contribution in [3.63, 3.8) is 0 Å². The van der Waals surface area contributed by atoms with Gasteiger partial charge in [0.15, 0.2) is 0 Å². The maximum absolute atomic E-state index is 11.7.